The number of benzene rings is 1. The number of halogens is 3. The number of nitrogens with one attached hydrogen (secondary N) is 2. The molecule has 0 radical (unpaired) electrons. The number of para-hydroxylation sites is 1. The van der Waals surface area contributed by atoms with Crippen LogP contribution in [-0.4, -0.2) is 15.8 Å². The van der Waals surface area contributed by atoms with Crippen LogP contribution < -0.4 is 10.6 Å². The molecule has 2 aromatic rings. The number of urea groups is 1. The zero-order valence-corrected chi connectivity index (χ0v) is 12.0. The molecule has 22 heavy (non-hydrogen) atoms. The Morgan fingerprint density at radius 2 is 2.00 bits per heavy atom. The molecule has 1 aromatic heterocycles. The van der Waals surface area contributed by atoms with E-state index in [0.717, 1.165) is 17.3 Å². The second-order valence-electron chi connectivity index (χ2n) is 4.76. The second kappa shape index (κ2) is 6.08. The Labute approximate surface area is 125 Å². The van der Waals surface area contributed by atoms with Crippen LogP contribution in [-0.2, 0) is 19.8 Å². The van der Waals surface area contributed by atoms with Gasteiger partial charge >= 0.3 is 12.2 Å². The Bertz CT molecular complexity index is 679. The van der Waals surface area contributed by atoms with Crippen LogP contribution >= 0.6 is 0 Å². The van der Waals surface area contributed by atoms with E-state index in [4.69, 9.17) is 0 Å². The van der Waals surface area contributed by atoms with E-state index >= 15 is 0 Å². The minimum atomic E-state index is -4.52. The molecule has 0 saturated heterocycles. The highest BCUT2D eigenvalue weighted by molar-refractivity contribution is 5.90. The van der Waals surface area contributed by atoms with Crippen LogP contribution in [0.1, 0.15) is 16.8 Å². The molecule has 0 unspecified atom stereocenters. The number of carbonyl (C=O) groups excluding carboxylic acids is 1. The molecule has 0 fully saturated rings. The van der Waals surface area contributed by atoms with E-state index in [0.29, 0.717) is 0 Å². The lowest BCUT2D eigenvalue weighted by atomic mass is 10.1. The number of anilines is 1. The first-order valence-electron chi connectivity index (χ1n) is 6.47. The number of amides is 2. The van der Waals surface area contributed by atoms with Crippen molar-refractivity contribution >= 4 is 11.7 Å². The van der Waals surface area contributed by atoms with Crippen LogP contribution in [0, 0.1) is 6.92 Å². The van der Waals surface area contributed by atoms with E-state index < -0.39 is 17.8 Å². The summed E-state index contributed by atoms with van der Waals surface area (Å²) >= 11 is 0. The average molecular weight is 312 g/mol. The van der Waals surface area contributed by atoms with Crippen molar-refractivity contribution in [3.63, 3.8) is 0 Å². The fourth-order valence-corrected chi connectivity index (χ4v) is 2.00. The van der Waals surface area contributed by atoms with Crippen LogP contribution in [0.3, 0.4) is 0 Å². The van der Waals surface area contributed by atoms with Gasteiger partial charge in [-0.3, -0.25) is 4.68 Å². The maximum atomic E-state index is 12.8. The summed E-state index contributed by atoms with van der Waals surface area (Å²) < 4.78 is 40.1. The maximum absolute atomic E-state index is 12.8. The second-order valence-corrected chi connectivity index (χ2v) is 4.76. The lowest BCUT2D eigenvalue weighted by Gasteiger charge is -2.13. The van der Waals surface area contributed by atoms with Gasteiger partial charge in [0.05, 0.1) is 16.9 Å². The highest BCUT2D eigenvalue weighted by Crippen LogP contribution is 2.34. The highest BCUT2D eigenvalue weighted by Gasteiger charge is 2.33. The minimum Gasteiger partial charge on any atom is -0.334 e. The molecule has 2 N–H and O–H groups in total. The van der Waals surface area contributed by atoms with E-state index in [2.05, 4.69) is 15.7 Å². The molecule has 0 aliphatic carbocycles. The average Bonchev–Trinajstić information content (AvgIpc) is 2.74. The van der Waals surface area contributed by atoms with Crippen LogP contribution in [0.4, 0.5) is 23.7 Å². The lowest BCUT2D eigenvalue weighted by Crippen LogP contribution is -2.29. The number of nitrogens with zero attached hydrogens (tertiary/aromatic N) is 2. The molecular formula is C14H15F3N4O. The number of aryl methyl sites for hydroxylation is 2. The predicted octanol–water partition coefficient (Wildman–Crippen LogP) is 3.07. The summed E-state index contributed by atoms with van der Waals surface area (Å²) in [5.41, 5.74) is 0.373. The number of hydrogen-bond donors (Lipinski definition) is 2. The van der Waals surface area contributed by atoms with Gasteiger partial charge in [-0.1, -0.05) is 12.1 Å². The van der Waals surface area contributed by atoms with Gasteiger partial charge in [0.1, 0.15) is 0 Å². The normalized spacial score (nSPS) is 11.3. The zero-order chi connectivity index (χ0) is 16.3. The lowest BCUT2D eigenvalue weighted by molar-refractivity contribution is -0.136. The third kappa shape index (κ3) is 3.78. The molecule has 2 amide bonds. The molecule has 1 heterocycles. The summed E-state index contributed by atoms with van der Waals surface area (Å²) in [5, 5.41) is 8.84. The molecule has 118 valence electrons. The van der Waals surface area contributed by atoms with Gasteiger partial charge in [-0.05, 0) is 19.1 Å². The number of hydrogen-bond acceptors (Lipinski definition) is 2. The summed E-state index contributed by atoms with van der Waals surface area (Å²) in [6.07, 6.45) is -2.79. The summed E-state index contributed by atoms with van der Waals surface area (Å²) in [7, 11) is 1.75. The third-order valence-corrected chi connectivity index (χ3v) is 3.04. The van der Waals surface area contributed by atoms with Crippen LogP contribution in [0.15, 0.2) is 30.5 Å². The molecule has 1 aromatic carbocycles. The molecule has 0 atom stereocenters. The summed E-state index contributed by atoms with van der Waals surface area (Å²) in [6, 6.07) is 4.11. The number of alkyl halides is 3. The number of carbonyl (C=O) groups is 1. The summed E-state index contributed by atoms with van der Waals surface area (Å²) in [6.45, 7) is 1.97. The largest absolute Gasteiger partial charge is 0.418 e. The van der Waals surface area contributed by atoms with Gasteiger partial charge in [0.15, 0.2) is 0 Å². The monoisotopic (exact) mass is 312 g/mol. The molecule has 5 nitrogen and oxygen atoms in total. The molecule has 0 aliphatic heterocycles. The van der Waals surface area contributed by atoms with Crippen LogP contribution in [0.2, 0.25) is 0 Å². The SMILES string of the molecule is Cc1nn(C)cc1CNC(=O)Nc1ccccc1C(F)(F)F. The Balaban J connectivity index is 2.02. The Morgan fingerprint density at radius 3 is 2.59 bits per heavy atom. The number of rotatable bonds is 3. The molecule has 0 saturated carbocycles. The highest BCUT2D eigenvalue weighted by atomic mass is 19.4. The van der Waals surface area contributed by atoms with Gasteiger partial charge in [-0.2, -0.15) is 18.3 Å². The van der Waals surface area contributed by atoms with Crippen LogP contribution in [0.25, 0.3) is 0 Å². The van der Waals surface area contributed by atoms with E-state index in [9.17, 15) is 18.0 Å². The van der Waals surface area contributed by atoms with Gasteiger partial charge in [0.2, 0.25) is 0 Å². The zero-order valence-electron chi connectivity index (χ0n) is 12.0. The van der Waals surface area contributed by atoms with E-state index in [1.165, 1.54) is 18.2 Å². The van der Waals surface area contributed by atoms with E-state index in [-0.39, 0.29) is 12.2 Å². The van der Waals surface area contributed by atoms with Crippen molar-refractivity contribution < 1.29 is 18.0 Å². The standard InChI is InChI=1S/C14H15F3N4O/c1-9-10(8-21(2)20-9)7-18-13(22)19-12-6-4-3-5-11(12)14(15,16)17/h3-6,8H,7H2,1-2H3,(H2,18,19,22). The van der Waals surface area contributed by atoms with Crippen molar-refractivity contribution in [3.8, 4) is 0 Å². The molecule has 8 heteroatoms. The Kier molecular flexibility index (Phi) is 4.39. The van der Waals surface area contributed by atoms with Gasteiger partial charge in [-0.15, -0.1) is 0 Å². The summed E-state index contributed by atoms with van der Waals surface area (Å²) in [5.74, 6) is 0. The number of aromatic nitrogens is 2. The summed E-state index contributed by atoms with van der Waals surface area (Å²) in [4.78, 5) is 11.8. The molecule has 0 aliphatic rings. The smallest absolute Gasteiger partial charge is 0.334 e. The van der Waals surface area contributed by atoms with Crippen molar-refractivity contribution in [1.82, 2.24) is 15.1 Å². The quantitative estimate of drug-likeness (QED) is 0.915. The minimum absolute atomic E-state index is 0.180. The van der Waals surface area contributed by atoms with E-state index in [1.807, 2.05) is 0 Å². The molecular weight excluding hydrogens is 297 g/mol. The Morgan fingerprint density at radius 1 is 1.32 bits per heavy atom. The first-order valence-corrected chi connectivity index (χ1v) is 6.47. The van der Waals surface area contributed by atoms with Gasteiger partial charge in [-0.25, -0.2) is 4.79 Å². The van der Waals surface area contributed by atoms with Crippen LogP contribution in [0.5, 0.6) is 0 Å². The molecule has 0 bridgehead atoms. The van der Waals surface area contributed by atoms with Crippen molar-refractivity contribution in [2.75, 3.05) is 5.32 Å². The van der Waals surface area contributed by atoms with Crippen molar-refractivity contribution in [2.24, 2.45) is 7.05 Å². The topological polar surface area (TPSA) is 59.0 Å². The fourth-order valence-electron chi connectivity index (χ4n) is 2.00. The first kappa shape index (κ1) is 15.9. The first-order chi connectivity index (χ1) is 10.3. The molecule has 2 rings (SSSR count). The Hall–Kier alpha value is -2.51. The predicted molar refractivity (Wildman–Crippen MR) is 75.2 cm³/mol. The van der Waals surface area contributed by atoms with Crippen molar-refractivity contribution in [2.45, 2.75) is 19.6 Å². The van der Waals surface area contributed by atoms with Crippen molar-refractivity contribution in [1.29, 1.82) is 0 Å². The van der Waals surface area contributed by atoms with E-state index in [1.54, 1.807) is 24.9 Å². The third-order valence-electron chi connectivity index (χ3n) is 3.04. The fraction of sp³-hybridized carbons (Fsp3) is 0.286. The van der Waals surface area contributed by atoms with Crippen molar-refractivity contribution in [3.05, 3.63) is 47.3 Å². The molecule has 0 spiro atoms. The van der Waals surface area contributed by atoms with Gasteiger partial charge in [0, 0.05) is 25.4 Å². The van der Waals surface area contributed by atoms with Gasteiger partial charge < -0.3 is 10.6 Å². The maximum Gasteiger partial charge on any atom is 0.418 e. The van der Waals surface area contributed by atoms with Gasteiger partial charge in [0.25, 0.3) is 0 Å².